The maximum Gasteiger partial charge on any atom is 0.122 e. The third-order valence-electron chi connectivity index (χ3n) is 4.65. The number of ether oxygens (including phenoxy) is 2. The summed E-state index contributed by atoms with van der Waals surface area (Å²) in [6.07, 6.45) is 0. The molecule has 3 rings (SSSR count). The van der Waals surface area contributed by atoms with Crippen LogP contribution in [-0.2, 0) is 5.41 Å². The molecule has 26 heavy (non-hydrogen) atoms. The van der Waals surface area contributed by atoms with Crippen molar-refractivity contribution >= 4 is 0 Å². The van der Waals surface area contributed by atoms with Gasteiger partial charge in [0.05, 0.1) is 14.2 Å². The average Bonchev–Trinajstić information content (AvgIpc) is 2.67. The maximum atomic E-state index is 5.55. The monoisotopic (exact) mass is 346 g/mol. The summed E-state index contributed by atoms with van der Waals surface area (Å²) in [7, 11) is 3.42. The van der Waals surface area contributed by atoms with Crippen LogP contribution in [0, 0.1) is 0 Å². The standard InChI is InChI=1S/C24H26O2/c1-24(2,3)22-16-20(12-15-23(22)26-5)19-8-6-17(7-9-19)18-10-13-21(25-4)14-11-18/h6-16H,1-5H3. The second-order valence-electron chi connectivity index (χ2n) is 7.47. The molecule has 0 amide bonds. The van der Waals surface area contributed by atoms with Crippen molar-refractivity contribution in [3.63, 3.8) is 0 Å². The highest BCUT2D eigenvalue weighted by Crippen LogP contribution is 2.35. The van der Waals surface area contributed by atoms with Crippen molar-refractivity contribution in [2.24, 2.45) is 0 Å². The zero-order valence-corrected chi connectivity index (χ0v) is 16.2. The Morgan fingerprint density at radius 3 is 1.50 bits per heavy atom. The Kier molecular flexibility index (Phi) is 5.03. The molecular formula is C24H26O2. The smallest absolute Gasteiger partial charge is 0.122 e. The first-order chi connectivity index (χ1) is 12.4. The van der Waals surface area contributed by atoms with Crippen molar-refractivity contribution in [2.45, 2.75) is 26.2 Å². The molecule has 0 radical (unpaired) electrons. The molecule has 0 saturated carbocycles. The van der Waals surface area contributed by atoms with Crippen LogP contribution < -0.4 is 9.47 Å². The van der Waals surface area contributed by atoms with Gasteiger partial charge in [0.15, 0.2) is 0 Å². The molecule has 0 aliphatic rings. The largest absolute Gasteiger partial charge is 0.497 e. The lowest BCUT2D eigenvalue weighted by atomic mass is 9.84. The summed E-state index contributed by atoms with van der Waals surface area (Å²) in [6.45, 7) is 6.63. The lowest BCUT2D eigenvalue weighted by molar-refractivity contribution is 0.397. The minimum absolute atomic E-state index is 0.0321. The fourth-order valence-corrected chi connectivity index (χ4v) is 3.11. The van der Waals surface area contributed by atoms with E-state index in [0.29, 0.717) is 0 Å². The molecule has 0 saturated heterocycles. The second-order valence-corrected chi connectivity index (χ2v) is 7.47. The molecule has 3 aromatic carbocycles. The van der Waals surface area contributed by atoms with E-state index in [4.69, 9.17) is 9.47 Å². The number of hydrogen-bond acceptors (Lipinski definition) is 2. The summed E-state index contributed by atoms with van der Waals surface area (Å²) < 4.78 is 10.8. The molecule has 0 fully saturated rings. The van der Waals surface area contributed by atoms with Crippen LogP contribution in [0.1, 0.15) is 26.3 Å². The Morgan fingerprint density at radius 1 is 0.577 bits per heavy atom. The zero-order chi connectivity index (χ0) is 18.7. The summed E-state index contributed by atoms with van der Waals surface area (Å²) in [4.78, 5) is 0. The molecule has 2 nitrogen and oxygen atoms in total. The van der Waals surface area contributed by atoms with Crippen molar-refractivity contribution < 1.29 is 9.47 Å². The summed E-state index contributed by atoms with van der Waals surface area (Å²) in [5, 5.41) is 0. The fourth-order valence-electron chi connectivity index (χ4n) is 3.11. The zero-order valence-electron chi connectivity index (χ0n) is 16.2. The Balaban J connectivity index is 1.93. The fraction of sp³-hybridized carbons (Fsp3) is 0.250. The van der Waals surface area contributed by atoms with Crippen LogP contribution in [0.5, 0.6) is 11.5 Å². The number of rotatable bonds is 4. The molecule has 0 atom stereocenters. The summed E-state index contributed by atoms with van der Waals surface area (Å²) in [6, 6.07) is 23.2. The van der Waals surface area contributed by atoms with Gasteiger partial charge >= 0.3 is 0 Å². The first-order valence-electron chi connectivity index (χ1n) is 8.86. The Labute approximate surface area is 156 Å². The summed E-state index contributed by atoms with van der Waals surface area (Å²) in [5.74, 6) is 1.81. The van der Waals surface area contributed by atoms with E-state index in [1.807, 2.05) is 12.1 Å². The molecule has 0 bridgehead atoms. The maximum absolute atomic E-state index is 5.55. The number of hydrogen-bond donors (Lipinski definition) is 0. The van der Waals surface area contributed by atoms with Gasteiger partial charge in [-0.25, -0.2) is 0 Å². The van der Waals surface area contributed by atoms with E-state index in [2.05, 4.69) is 75.4 Å². The van der Waals surface area contributed by atoms with E-state index in [1.54, 1.807) is 14.2 Å². The summed E-state index contributed by atoms with van der Waals surface area (Å²) in [5.41, 5.74) is 6.04. The third kappa shape index (κ3) is 3.75. The van der Waals surface area contributed by atoms with Crippen molar-refractivity contribution in [2.75, 3.05) is 14.2 Å². The van der Waals surface area contributed by atoms with Crippen molar-refractivity contribution in [3.05, 3.63) is 72.3 Å². The Morgan fingerprint density at radius 2 is 1.04 bits per heavy atom. The van der Waals surface area contributed by atoms with Crippen molar-refractivity contribution in [1.29, 1.82) is 0 Å². The molecule has 0 heterocycles. The predicted octanol–water partition coefficient (Wildman–Crippen LogP) is 6.34. The van der Waals surface area contributed by atoms with Crippen LogP contribution in [0.3, 0.4) is 0 Å². The molecule has 0 unspecified atom stereocenters. The SMILES string of the molecule is COc1ccc(-c2ccc(-c3ccc(OC)c(C(C)(C)C)c3)cc2)cc1. The Hall–Kier alpha value is -2.74. The van der Waals surface area contributed by atoms with Crippen LogP contribution in [0.25, 0.3) is 22.3 Å². The van der Waals surface area contributed by atoms with E-state index in [-0.39, 0.29) is 5.41 Å². The lowest BCUT2D eigenvalue weighted by Gasteiger charge is -2.23. The summed E-state index contributed by atoms with van der Waals surface area (Å²) >= 11 is 0. The minimum atomic E-state index is 0.0321. The average molecular weight is 346 g/mol. The normalized spacial score (nSPS) is 11.3. The van der Waals surface area contributed by atoms with Crippen LogP contribution in [0.15, 0.2) is 66.7 Å². The van der Waals surface area contributed by atoms with Crippen LogP contribution in [-0.4, -0.2) is 14.2 Å². The molecule has 0 aliphatic heterocycles. The van der Waals surface area contributed by atoms with E-state index in [1.165, 1.54) is 27.8 Å². The molecule has 3 aromatic rings. The molecule has 0 aromatic heterocycles. The van der Waals surface area contributed by atoms with Crippen LogP contribution in [0.4, 0.5) is 0 Å². The van der Waals surface area contributed by atoms with Crippen LogP contribution in [0.2, 0.25) is 0 Å². The van der Waals surface area contributed by atoms with Crippen LogP contribution >= 0.6 is 0 Å². The van der Waals surface area contributed by atoms with Crippen molar-refractivity contribution in [1.82, 2.24) is 0 Å². The van der Waals surface area contributed by atoms with Gasteiger partial charge in [-0.1, -0.05) is 63.2 Å². The van der Waals surface area contributed by atoms with Gasteiger partial charge in [-0.3, -0.25) is 0 Å². The second kappa shape index (κ2) is 7.25. The van der Waals surface area contributed by atoms with Gasteiger partial charge in [0.1, 0.15) is 11.5 Å². The molecule has 0 aliphatic carbocycles. The molecule has 0 spiro atoms. The van der Waals surface area contributed by atoms with E-state index in [0.717, 1.165) is 11.5 Å². The van der Waals surface area contributed by atoms with E-state index >= 15 is 0 Å². The van der Waals surface area contributed by atoms with Gasteiger partial charge in [0, 0.05) is 5.56 Å². The van der Waals surface area contributed by atoms with Gasteiger partial charge in [-0.2, -0.15) is 0 Å². The first-order valence-corrected chi connectivity index (χ1v) is 8.86. The van der Waals surface area contributed by atoms with E-state index < -0.39 is 0 Å². The van der Waals surface area contributed by atoms with Gasteiger partial charge in [-0.05, 0) is 51.9 Å². The van der Waals surface area contributed by atoms with Gasteiger partial charge in [0.25, 0.3) is 0 Å². The van der Waals surface area contributed by atoms with Crippen molar-refractivity contribution in [3.8, 4) is 33.8 Å². The van der Waals surface area contributed by atoms with Gasteiger partial charge < -0.3 is 9.47 Å². The number of benzene rings is 3. The van der Waals surface area contributed by atoms with Gasteiger partial charge in [-0.15, -0.1) is 0 Å². The highest BCUT2D eigenvalue weighted by molar-refractivity contribution is 5.72. The first kappa shape index (κ1) is 18.1. The third-order valence-corrected chi connectivity index (χ3v) is 4.65. The lowest BCUT2D eigenvalue weighted by Crippen LogP contribution is -2.12. The molecule has 0 N–H and O–H groups in total. The quantitative estimate of drug-likeness (QED) is 0.549. The number of methoxy groups -OCH3 is 2. The minimum Gasteiger partial charge on any atom is -0.497 e. The topological polar surface area (TPSA) is 18.5 Å². The van der Waals surface area contributed by atoms with Gasteiger partial charge in [0.2, 0.25) is 0 Å². The predicted molar refractivity (Wildman–Crippen MR) is 109 cm³/mol. The molecular weight excluding hydrogens is 320 g/mol. The molecule has 2 heteroatoms. The van der Waals surface area contributed by atoms with E-state index in [9.17, 15) is 0 Å². The molecule has 134 valence electrons. The highest BCUT2D eigenvalue weighted by Gasteiger charge is 2.19. The Bertz CT molecular complexity index is 870. The highest BCUT2D eigenvalue weighted by atomic mass is 16.5.